The standard InChI is InChI=1S/C26H31F2N3O4/c1-4-6-7-23(32)29-20-11-8-17(9-12-20)16-31-24(33)15-18(5-2)25(30-31)19-10-13-21(34-3)22(14-19)35-26(27)28/h8-14,18,26H,4-7,15-16H2,1-3H3,(H,29,32). The average molecular weight is 488 g/mol. The first kappa shape index (κ1) is 26.1. The predicted octanol–water partition coefficient (Wildman–Crippen LogP) is 5.59. The van der Waals surface area contributed by atoms with Crippen LogP contribution in [0.15, 0.2) is 47.6 Å². The number of anilines is 1. The second-order valence-electron chi connectivity index (χ2n) is 8.34. The second-order valence-corrected chi connectivity index (χ2v) is 8.34. The van der Waals surface area contributed by atoms with Crippen molar-refractivity contribution in [3.63, 3.8) is 0 Å². The molecule has 3 rings (SSSR count). The minimum atomic E-state index is -2.99. The molecule has 0 fully saturated rings. The number of benzene rings is 2. The van der Waals surface area contributed by atoms with Crippen LogP contribution in [0.2, 0.25) is 0 Å². The highest BCUT2D eigenvalue weighted by Gasteiger charge is 2.30. The number of nitrogens with zero attached hydrogens (tertiary/aromatic N) is 2. The molecule has 7 nitrogen and oxygen atoms in total. The minimum absolute atomic E-state index is 0.0275. The van der Waals surface area contributed by atoms with Gasteiger partial charge in [0.15, 0.2) is 11.5 Å². The number of carbonyl (C=O) groups excluding carboxylic acids is 2. The van der Waals surface area contributed by atoms with Crippen LogP contribution in [0.5, 0.6) is 11.5 Å². The quantitative estimate of drug-likeness (QED) is 0.448. The summed E-state index contributed by atoms with van der Waals surface area (Å²) in [4.78, 5) is 24.7. The molecule has 0 spiro atoms. The maximum atomic E-state index is 12.9. The van der Waals surface area contributed by atoms with Gasteiger partial charge in [-0.05, 0) is 48.7 Å². The molecule has 188 valence electrons. The molecule has 35 heavy (non-hydrogen) atoms. The van der Waals surface area contributed by atoms with E-state index in [1.807, 2.05) is 26.0 Å². The van der Waals surface area contributed by atoms with Crippen molar-refractivity contribution in [2.24, 2.45) is 11.0 Å². The van der Waals surface area contributed by atoms with Crippen LogP contribution >= 0.6 is 0 Å². The fourth-order valence-electron chi connectivity index (χ4n) is 3.89. The molecule has 1 aliphatic heterocycles. The van der Waals surface area contributed by atoms with Gasteiger partial charge < -0.3 is 14.8 Å². The number of hydrogen-bond donors (Lipinski definition) is 1. The van der Waals surface area contributed by atoms with Crippen LogP contribution in [0.4, 0.5) is 14.5 Å². The highest BCUT2D eigenvalue weighted by atomic mass is 19.3. The van der Waals surface area contributed by atoms with Gasteiger partial charge in [-0.2, -0.15) is 13.9 Å². The van der Waals surface area contributed by atoms with Gasteiger partial charge in [-0.25, -0.2) is 5.01 Å². The Labute approximate surface area is 204 Å². The lowest BCUT2D eigenvalue weighted by Crippen LogP contribution is -2.36. The second kappa shape index (κ2) is 12.3. The predicted molar refractivity (Wildman–Crippen MR) is 130 cm³/mol. The fourth-order valence-corrected chi connectivity index (χ4v) is 3.89. The highest BCUT2D eigenvalue weighted by Crippen LogP contribution is 2.33. The third kappa shape index (κ3) is 7.00. The van der Waals surface area contributed by atoms with E-state index in [0.29, 0.717) is 29.8 Å². The van der Waals surface area contributed by atoms with Gasteiger partial charge in [-0.1, -0.05) is 32.4 Å². The van der Waals surface area contributed by atoms with Gasteiger partial charge >= 0.3 is 6.61 Å². The Hall–Kier alpha value is -3.49. The third-order valence-corrected chi connectivity index (χ3v) is 5.82. The van der Waals surface area contributed by atoms with Crippen LogP contribution in [0.25, 0.3) is 0 Å². The van der Waals surface area contributed by atoms with E-state index in [4.69, 9.17) is 4.74 Å². The molecule has 1 heterocycles. The monoisotopic (exact) mass is 487 g/mol. The Kier molecular flexibility index (Phi) is 9.17. The Morgan fingerprint density at radius 2 is 1.91 bits per heavy atom. The van der Waals surface area contributed by atoms with Crippen LogP contribution in [-0.4, -0.2) is 36.3 Å². The first-order valence-electron chi connectivity index (χ1n) is 11.7. The number of unbranched alkanes of at least 4 members (excludes halogenated alkanes) is 1. The lowest BCUT2D eigenvalue weighted by atomic mass is 9.89. The van der Waals surface area contributed by atoms with Crippen LogP contribution in [-0.2, 0) is 16.1 Å². The molecule has 0 aromatic heterocycles. The van der Waals surface area contributed by atoms with E-state index in [1.54, 1.807) is 24.3 Å². The molecule has 2 amide bonds. The summed E-state index contributed by atoms with van der Waals surface area (Å²) in [5.74, 6) is -0.186. The summed E-state index contributed by atoms with van der Waals surface area (Å²) in [7, 11) is 1.38. The molecule has 2 aromatic rings. The SMILES string of the molecule is CCCCC(=O)Nc1ccc(CN2N=C(c3ccc(OC)c(OC(F)F)c3)C(CC)CC2=O)cc1. The van der Waals surface area contributed by atoms with Crippen molar-refractivity contribution < 1.29 is 27.8 Å². The normalized spacial score (nSPS) is 15.7. The van der Waals surface area contributed by atoms with Crippen LogP contribution in [0, 0.1) is 5.92 Å². The zero-order chi connectivity index (χ0) is 25.4. The van der Waals surface area contributed by atoms with E-state index >= 15 is 0 Å². The lowest BCUT2D eigenvalue weighted by molar-refractivity contribution is -0.133. The number of alkyl halides is 2. The van der Waals surface area contributed by atoms with Crippen LogP contribution in [0.1, 0.15) is 57.1 Å². The molecular formula is C26H31F2N3O4. The van der Waals surface area contributed by atoms with Gasteiger partial charge in [0.05, 0.1) is 19.4 Å². The van der Waals surface area contributed by atoms with Gasteiger partial charge in [-0.3, -0.25) is 9.59 Å². The molecule has 0 saturated carbocycles. The molecule has 1 atom stereocenters. The molecule has 9 heteroatoms. The molecule has 1 aliphatic rings. The summed E-state index contributed by atoms with van der Waals surface area (Å²) in [6, 6.07) is 12.0. The first-order chi connectivity index (χ1) is 16.8. The van der Waals surface area contributed by atoms with Crippen molar-refractivity contribution >= 4 is 23.2 Å². The zero-order valence-corrected chi connectivity index (χ0v) is 20.2. The molecule has 1 unspecified atom stereocenters. The summed E-state index contributed by atoms with van der Waals surface area (Å²) in [6.45, 7) is 1.24. The molecule has 0 aliphatic carbocycles. The first-order valence-corrected chi connectivity index (χ1v) is 11.7. The van der Waals surface area contributed by atoms with E-state index in [-0.39, 0.29) is 42.2 Å². The average Bonchev–Trinajstić information content (AvgIpc) is 2.84. The summed E-state index contributed by atoms with van der Waals surface area (Å²) in [6.07, 6.45) is 3.20. The highest BCUT2D eigenvalue weighted by molar-refractivity contribution is 6.06. The van der Waals surface area contributed by atoms with Gasteiger partial charge in [-0.15, -0.1) is 0 Å². The minimum Gasteiger partial charge on any atom is -0.493 e. The van der Waals surface area contributed by atoms with Gasteiger partial charge in [0.2, 0.25) is 11.8 Å². The number of halogens is 2. The third-order valence-electron chi connectivity index (χ3n) is 5.82. The Bertz CT molecular complexity index is 1060. The molecular weight excluding hydrogens is 456 g/mol. The van der Waals surface area contributed by atoms with Crippen LogP contribution < -0.4 is 14.8 Å². The molecule has 2 aromatic carbocycles. The van der Waals surface area contributed by atoms with E-state index in [2.05, 4.69) is 15.2 Å². The Balaban J connectivity index is 1.81. The number of hydrogen-bond acceptors (Lipinski definition) is 5. The molecule has 1 N–H and O–H groups in total. The molecule has 0 radical (unpaired) electrons. The number of hydrazone groups is 1. The van der Waals surface area contributed by atoms with E-state index in [1.165, 1.54) is 18.2 Å². The lowest BCUT2D eigenvalue weighted by Gasteiger charge is -2.29. The number of carbonyl (C=O) groups is 2. The fraction of sp³-hybridized carbons (Fsp3) is 0.423. The van der Waals surface area contributed by atoms with Crippen LogP contribution in [0.3, 0.4) is 0 Å². The van der Waals surface area contributed by atoms with Gasteiger partial charge in [0, 0.05) is 30.0 Å². The van der Waals surface area contributed by atoms with Crippen molar-refractivity contribution in [3.8, 4) is 11.5 Å². The van der Waals surface area contributed by atoms with Crippen molar-refractivity contribution in [1.82, 2.24) is 5.01 Å². The zero-order valence-electron chi connectivity index (χ0n) is 20.2. The van der Waals surface area contributed by atoms with Crippen molar-refractivity contribution in [2.75, 3.05) is 12.4 Å². The van der Waals surface area contributed by atoms with Gasteiger partial charge in [0.25, 0.3) is 0 Å². The van der Waals surface area contributed by atoms with Gasteiger partial charge in [0.1, 0.15) is 0 Å². The van der Waals surface area contributed by atoms with E-state index in [0.717, 1.165) is 18.4 Å². The summed E-state index contributed by atoms with van der Waals surface area (Å²) in [5, 5.41) is 8.87. The largest absolute Gasteiger partial charge is 0.493 e. The van der Waals surface area contributed by atoms with Crippen molar-refractivity contribution in [2.45, 2.75) is 59.1 Å². The number of amides is 2. The van der Waals surface area contributed by atoms with E-state index in [9.17, 15) is 18.4 Å². The summed E-state index contributed by atoms with van der Waals surface area (Å²) >= 11 is 0. The number of methoxy groups -OCH3 is 1. The Morgan fingerprint density at radius 3 is 2.54 bits per heavy atom. The van der Waals surface area contributed by atoms with E-state index < -0.39 is 6.61 Å². The summed E-state index contributed by atoms with van der Waals surface area (Å²) in [5.41, 5.74) is 2.77. The smallest absolute Gasteiger partial charge is 0.387 e. The molecule has 0 bridgehead atoms. The maximum absolute atomic E-state index is 12.9. The Morgan fingerprint density at radius 1 is 1.17 bits per heavy atom. The number of rotatable bonds is 11. The molecule has 0 saturated heterocycles. The number of ether oxygens (including phenoxy) is 2. The van der Waals surface area contributed by atoms with Crippen molar-refractivity contribution in [1.29, 1.82) is 0 Å². The van der Waals surface area contributed by atoms with Crippen molar-refractivity contribution in [3.05, 3.63) is 53.6 Å². The number of nitrogens with one attached hydrogen (secondary N) is 1. The topological polar surface area (TPSA) is 80.2 Å². The summed E-state index contributed by atoms with van der Waals surface area (Å²) < 4.78 is 35.5. The maximum Gasteiger partial charge on any atom is 0.387 e.